The average molecular weight is 334 g/mol. The summed E-state index contributed by atoms with van der Waals surface area (Å²) in [4.78, 5) is 19.8. The third kappa shape index (κ3) is 2.55. The first kappa shape index (κ1) is 15.2. The smallest absolute Gasteiger partial charge is 0.261 e. The number of rotatable bonds is 3. The van der Waals surface area contributed by atoms with Gasteiger partial charge in [0.25, 0.3) is 5.91 Å². The minimum atomic E-state index is -0.0430. The summed E-state index contributed by atoms with van der Waals surface area (Å²) in [7, 11) is 1.90. The van der Waals surface area contributed by atoms with Gasteiger partial charge in [0, 0.05) is 17.3 Å². The number of hydrogen-bond donors (Lipinski definition) is 1. The molecule has 0 aromatic carbocycles. The number of thiophene rings is 1. The molecule has 1 amide bonds. The lowest BCUT2D eigenvalue weighted by molar-refractivity contribution is 0.0944. The molecule has 5 nitrogen and oxygen atoms in total. The van der Waals surface area contributed by atoms with Crippen LogP contribution in [0.15, 0.2) is 6.07 Å². The maximum Gasteiger partial charge on any atom is 0.261 e. The van der Waals surface area contributed by atoms with Gasteiger partial charge in [0.05, 0.1) is 27.3 Å². The molecule has 3 heterocycles. The van der Waals surface area contributed by atoms with E-state index in [1.807, 2.05) is 45.5 Å². The van der Waals surface area contributed by atoms with Gasteiger partial charge in [-0.25, -0.2) is 4.98 Å². The van der Waals surface area contributed by atoms with Crippen LogP contribution in [-0.4, -0.2) is 20.7 Å². The number of amides is 1. The van der Waals surface area contributed by atoms with E-state index in [-0.39, 0.29) is 11.9 Å². The number of fused-ring (bicyclic) bond motifs is 1. The van der Waals surface area contributed by atoms with Crippen molar-refractivity contribution >= 4 is 38.8 Å². The normalized spacial score (nSPS) is 12.8. The van der Waals surface area contributed by atoms with Gasteiger partial charge in [-0.05, 0) is 33.8 Å². The molecule has 1 N–H and O–H groups in total. The lowest BCUT2D eigenvalue weighted by atomic mass is 10.2. The molecule has 3 aromatic rings. The molecular weight excluding hydrogens is 316 g/mol. The lowest BCUT2D eigenvalue weighted by Crippen LogP contribution is -2.25. The highest BCUT2D eigenvalue weighted by Gasteiger charge is 2.19. The minimum absolute atomic E-state index is 0.0388. The molecule has 0 fully saturated rings. The predicted octanol–water partition coefficient (Wildman–Crippen LogP) is 3.51. The first-order valence-corrected chi connectivity index (χ1v) is 8.68. The quantitative estimate of drug-likeness (QED) is 0.797. The molecule has 7 heteroatoms. The van der Waals surface area contributed by atoms with Crippen molar-refractivity contribution in [1.29, 1.82) is 0 Å². The third-order valence-electron chi connectivity index (χ3n) is 3.60. The van der Waals surface area contributed by atoms with Crippen LogP contribution in [0.25, 0.3) is 10.2 Å². The summed E-state index contributed by atoms with van der Waals surface area (Å²) in [6, 6.07) is 1.89. The Labute approximate surface area is 137 Å². The molecule has 0 bridgehead atoms. The fourth-order valence-corrected chi connectivity index (χ4v) is 4.56. The number of aryl methyl sites for hydroxylation is 4. The van der Waals surface area contributed by atoms with Crippen molar-refractivity contribution in [1.82, 2.24) is 20.1 Å². The van der Waals surface area contributed by atoms with Crippen LogP contribution in [0.3, 0.4) is 0 Å². The van der Waals surface area contributed by atoms with Crippen molar-refractivity contribution < 1.29 is 4.79 Å². The zero-order valence-electron chi connectivity index (χ0n) is 13.2. The summed E-state index contributed by atoms with van der Waals surface area (Å²) in [5, 5.41) is 9.51. The summed E-state index contributed by atoms with van der Waals surface area (Å²) < 4.78 is 1.83. The summed E-state index contributed by atoms with van der Waals surface area (Å²) in [5.41, 5.74) is 1.95. The monoisotopic (exact) mass is 334 g/mol. The number of hydrogen-bond acceptors (Lipinski definition) is 5. The standard InChI is InChI=1S/C15H18N4OS2/c1-7-11-6-12(22-15(11)19(5)18-7)14(20)17-9(3)13-8(2)16-10(4)21-13/h6,9H,1-5H3,(H,17,20)/t9-/m0/s1. The van der Waals surface area contributed by atoms with Gasteiger partial charge < -0.3 is 5.32 Å². The molecule has 0 aliphatic rings. The zero-order chi connectivity index (χ0) is 16.0. The number of aromatic nitrogens is 3. The molecule has 0 saturated carbocycles. The van der Waals surface area contributed by atoms with Gasteiger partial charge in [-0.1, -0.05) is 0 Å². The van der Waals surface area contributed by atoms with Crippen LogP contribution in [0.4, 0.5) is 0 Å². The molecule has 22 heavy (non-hydrogen) atoms. The molecule has 116 valence electrons. The molecule has 0 radical (unpaired) electrons. The predicted molar refractivity (Wildman–Crippen MR) is 90.8 cm³/mol. The van der Waals surface area contributed by atoms with Gasteiger partial charge in [0.15, 0.2) is 0 Å². The summed E-state index contributed by atoms with van der Waals surface area (Å²) in [6.45, 7) is 7.92. The largest absolute Gasteiger partial charge is 0.344 e. The number of thiazole rings is 1. The summed E-state index contributed by atoms with van der Waals surface area (Å²) in [6.07, 6.45) is 0. The highest BCUT2D eigenvalue weighted by molar-refractivity contribution is 7.20. The number of carbonyl (C=O) groups is 1. The van der Waals surface area contributed by atoms with E-state index in [9.17, 15) is 4.79 Å². The highest BCUT2D eigenvalue weighted by Crippen LogP contribution is 2.29. The Kier molecular flexibility index (Phi) is 3.78. The molecule has 0 unspecified atom stereocenters. The van der Waals surface area contributed by atoms with E-state index in [1.165, 1.54) is 11.3 Å². The van der Waals surface area contributed by atoms with E-state index in [1.54, 1.807) is 11.3 Å². The molecule has 0 aliphatic carbocycles. The van der Waals surface area contributed by atoms with E-state index < -0.39 is 0 Å². The Balaban J connectivity index is 1.83. The first-order chi connectivity index (χ1) is 10.4. The Morgan fingerprint density at radius 2 is 2.00 bits per heavy atom. The Hall–Kier alpha value is -1.73. The van der Waals surface area contributed by atoms with Crippen LogP contribution in [-0.2, 0) is 7.05 Å². The van der Waals surface area contributed by atoms with Crippen molar-refractivity contribution in [3.8, 4) is 0 Å². The van der Waals surface area contributed by atoms with E-state index in [0.717, 1.165) is 36.4 Å². The average Bonchev–Trinajstić information content (AvgIpc) is 3.07. The molecule has 3 rings (SSSR count). The van der Waals surface area contributed by atoms with E-state index in [4.69, 9.17) is 0 Å². The molecule has 3 aromatic heterocycles. The van der Waals surface area contributed by atoms with Crippen molar-refractivity contribution in [2.24, 2.45) is 7.05 Å². The number of carbonyl (C=O) groups excluding carboxylic acids is 1. The van der Waals surface area contributed by atoms with Crippen LogP contribution < -0.4 is 5.32 Å². The van der Waals surface area contributed by atoms with Gasteiger partial charge >= 0.3 is 0 Å². The lowest BCUT2D eigenvalue weighted by Gasteiger charge is -2.11. The fraction of sp³-hybridized carbons (Fsp3) is 0.400. The molecular formula is C15H18N4OS2. The second kappa shape index (κ2) is 5.48. The topological polar surface area (TPSA) is 59.8 Å². The SMILES string of the molecule is Cc1nc(C)c([C@H](C)NC(=O)c2cc3c(C)nn(C)c3s2)s1. The molecule has 0 spiro atoms. The Bertz CT molecular complexity index is 824. The van der Waals surface area contributed by atoms with E-state index in [2.05, 4.69) is 15.4 Å². The van der Waals surface area contributed by atoms with Gasteiger partial charge in [-0.2, -0.15) is 5.10 Å². The Morgan fingerprint density at radius 3 is 2.59 bits per heavy atom. The van der Waals surface area contributed by atoms with Crippen LogP contribution in [0.2, 0.25) is 0 Å². The van der Waals surface area contributed by atoms with Crippen molar-refractivity contribution in [3.63, 3.8) is 0 Å². The second-order valence-corrected chi connectivity index (χ2v) is 7.68. The third-order valence-corrected chi connectivity index (χ3v) is 6.06. The number of nitrogens with one attached hydrogen (secondary N) is 1. The van der Waals surface area contributed by atoms with E-state index >= 15 is 0 Å². The van der Waals surface area contributed by atoms with Crippen LogP contribution in [0, 0.1) is 20.8 Å². The first-order valence-electron chi connectivity index (χ1n) is 7.04. The highest BCUT2D eigenvalue weighted by atomic mass is 32.1. The van der Waals surface area contributed by atoms with Crippen LogP contribution in [0.5, 0.6) is 0 Å². The van der Waals surface area contributed by atoms with Crippen molar-refractivity contribution in [2.75, 3.05) is 0 Å². The molecule has 0 aliphatic heterocycles. The maximum absolute atomic E-state index is 12.5. The summed E-state index contributed by atoms with van der Waals surface area (Å²) >= 11 is 3.11. The van der Waals surface area contributed by atoms with Gasteiger partial charge in [0.1, 0.15) is 4.83 Å². The molecule has 0 saturated heterocycles. The second-order valence-electron chi connectivity index (χ2n) is 5.42. The van der Waals surface area contributed by atoms with Crippen LogP contribution in [0.1, 0.15) is 43.9 Å². The number of nitrogens with zero attached hydrogens (tertiary/aromatic N) is 3. The fourth-order valence-electron chi connectivity index (χ4n) is 2.60. The van der Waals surface area contributed by atoms with Crippen molar-refractivity contribution in [3.05, 3.63) is 32.2 Å². The maximum atomic E-state index is 12.5. The minimum Gasteiger partial charge on any atom is -0.344 e. The zero-order valence-corrected chi connectivity index (χ0v) is 14.9. The van der Waals surface area contributed by atoms with Gasteiger partial charge in [-0.3, -0.25) is 9.48 Å². The van der Waals surface area contributed by atoms with Crippen molar-refractivity contribution in [2.45, 2.75) is 33.7 Å². The van der Waals surface area contributed by atoms with Gasteiger partial charge in [0.2, 0.25) is 0 Å². The summed E-state index contributed by atoms with van der Waals surface area (Å²) in [5.74, 6) is -0.0430. The molecule has 1 atom stereocenters. The van der Waals surface area contributed by atoms with E-state index in [0.29, 0.717) is 0 Å². The van der Waals surface area contributed by atoms with Gasteiger partial charge in [-0.15, -0.1) is 22.7 Å². The Morgan fingerprint density at radius 1 is 1.27 bits per heavy atom. The van der Waals surface area contributed by atoms with Crippen LogP contribution >= 0.6 is 22.7 Å².